The zero-order valence-electron chi connectivity index (χ0n) is 18.6. The largest absolute Gasteiger partial charge is 0.444 e. The smallest absolute Gasteiger partial charge is 0.407 e. The highest BCUT2D eigenvalue weighted by atomic mass is 16.6. The minimum Gasteiger partial charge on any atom is -0.444 e. The molecule has 2 saturated heterocycles. The molecule has 0 radical (unpaired) electrons. The Morgan fingerprint density at radius 2 is 1.87 bits per heavy atom. The average molecular weight is 429 g/mol. The van der Waals surface area contributed by atoms with E-state index in [4.69, 9.17) is 4.74 Å². The third-order valence-electron chi connectivity index (χ3n) is 6.33. The van der Waals surface area contributed by atoms with Crippen LogP contribution in [-0.4, -0.2) is 64.8 Å². The van der Waals surface area contributed by atoms with Gasteiger partial charge in [-0.1, -0.05) is 24.3 Å². The van der Waals surface area contributed by atoms with E-state index >= 15 is 0 Å². The highest BCUT2D eigenvalue weighted by molar-refractivity contribution is 6.07. The summed E-state index contributed by atoms with van der Waals surface area (Å²) < 4.78 is 5.32. The van der Waals surface area contributed by atoms with E-state index in [2.05, 4.69) is 21.6 Å². The Morgan fingerprint density at radius 3 is 2.55 bits per heavy atom. The summed E-state index contributed by atoms with van der Waals surface area (Å²) in [6.45, 7) is 7.20. The van der Waals surface area contributed by atoms with Crippen LogP contribution in [0.4, 0.5) is 9.59 Å². The molecule has 8 nitrogen and oxygen atoms in total. The molecule has 1 aromatic rings. The molecule has 0 aromatic heterocycles. The summed E-state index contributed by atoms with van der Waals surface area (Å²) in [4.78, 5) is 41.4. The van der Waals surface area contributed by atoms with Gasteiger partial charge in [0.15, 0.2) is 0 Å². The maximum absolute atomic E-state index is 13.3. The van der Waals surface area contributed by atoms with E-state index in [1.807, 2.05) is 39.0 Å². The molecule has 0 bridgehead atoms. The number of carbonyl (C=O) groups is 3. The Morgan fingerprint density at radius 1 is 1.19 bits per heavy atom. The summed E-state index contributed by atoms with van der Waals surface area (Å²) in [6, 6.07) is 7.86. The number of nitrogens with one attached hydrogen (secondary N) is 2. The minimum atomic E-state index is -0.817. The number of rotatable bonds is 3. The maximum Gasteiger partial charge on any atom is 0.407 e. The minimum absolute atomic E-state index is 0.0374. The summed E-state index contributed by atoms with van der Waals surface area (Å²) >= 11 is 0. The summed E-state index contributed by atoms with van der Waals surface area (Å²) in [5, 5.41) is 5.91. The van der Waals surface area contributed by atoms with Crippen molar-refractivity contribution >= 4 is 18.0 Å². The number of likely N-dealkylation sites (tertiary alicyclic amines) is 1. The number of urea groups is 1. The van der Waals surface area contributed by atoms with Gasteiger partial charge in [-0.05, 0) is 57.6 Å². The lowest BCUT2D eigenvalue weighted by molar-refractivity contribution is -0.133. The van der Waals surface area contributed by atoms with Crippen molar-refractivity contribution in [1.29, 1.82) is 0 Å². The van der Waals surface area contributed by atoms with E-state index in [-0.39, 0.29) is 24.6 Å². The number of ether oxygens (including phenoxy) is 1. The highest BCUT2D eigenvalue weighted by Gasteiger charge is 2.52. The zero-order chi connectivity index (χ0) is 22.2. The van der Waals surface area contributed by atoms with Gasteiger partial charge in [0.05, 0.1) is 6.67 Å². The number of alkyl carbamates (subject to hydrolysis) is 1. The van der Waals surface area contributed by atoms with E-state index in [1.165, 1.54) is 10.5 Å². The summed E-state index contributed by atoms with van der Waals surface area (Å²) in [5.74, 6) is -0.124. The van der Waals surface area contributed by atoms with Crippen molar-refractivity contribution in [3.8, 4) is 0 Å². The van der Waals surface area contributed by atoms with Crippen LogP contribution in [0.15, 0.2) is 24.3 Å². The molecule has 1 aliphatic carbocycles. The second-order valence-electron chi connectivity index (χ2n) is 9.87. The number of piperidine rings is 1. The van der Waals surface area contributed by atoms with Crippen LogP contribution in [0.3, 0.4) is 0 Å². The predicted molar refractivity (Wildman–Crippen MR) is 115 cm³/mol. The highest BCUT2D eigenvalue weighted by Crippen LogP contribution is 2.33. The molecule has 1 unspecified atom stereocenters. The molecule has 2 heterocycles. The van der Waals surface area contributed by atoms with Gasteiger partial charge in [-0.15, -0.1) is 0 Å². The van der Waals surface area contributed by atoms with Crippen LogP contribution in [0.2, 0.25) is 0 Å². The van der Waals surface area contributed by atoms with E-state index < -0.39 is 17.2 Å². The van der Waals surface area contributed by atoms with Crippen LogP contribution in [0, 0.1) is 0 Å². The second-order valence-corrected chi connectivity index (χ2v) is 9.87. The van der Waals surface area contributed by atoms with Gasteiger partial charge in [0, 0.05) is 25.6 Å². The van der Waals surface area contributed by atoms with E-state index in [1.54, 1.807) is 0 Å². The number of fused-ring (bicyclic) bond motifs is 1. The van der Waals surface area contributed by atoms with Gasteiger partial charge in [0.1, 0.15) is 11.1 Å². The van der Waals surface area contributed by atoms with Crippen LogP contribution >= 0.6 is 0 Å². The van der Waals surface area contributed by atoms with Crippen LogP contribution in [0.5, 0.6) is 0 Å². The number of hydrogen-bond donors (Lipinski definition) is 2. The molecule has 1 spiro atoms. The second kappa shape index (κ2) is 8.15. The lowest BCUT2D eigenvalue weighted by Crippen LogP contribution is -2.52. The van der Waals surface area contributed by atoms with Gasteiger partial charge in [0.25, 0.3) is 5.91 Å². The van der Waals surface area contributed by atoms with E-state index in [9.17, 15) is 14.4 Å². The number of carbonyl (C=O) groups excluding carboxylic acids is 3. The van der Waals surface area contributed by atoms with Gasteiger partial charge < -0.3 is 15.4 Å². The van der Waals surface area contributed by atoms with Crippen molar-refractivity contribution in [2.75, 3.05) is 19.8 Å². The lowest BCUT2D eigenvalue weighted by Gasteiger charge is -2.35. The number of nitrogens with zero attached hydrogens (tertiary/aromatic N) is 2. The molecule has 2 fully saturated rings. The van der Waals surface area contributed by atoms with E-state index in [0.29, 0.717) is 25.9 Å². The van der Waals surface area contributed by atoms with Crippen LogP contribution in [0.1, 0.15) is 51.2 Å². The molecular weight excluding hydrogens is 396 g/mol. The van der Waals surface area contributed by atoms with E-state index in [0.717, 1.165) is 24.8 Å². The van der Waals surface area contributed by atoms with Crippen molar-refractivity contribution in [3.05, 3.63) is 35.4 Å². The zero-order valence-corrected chi connectivity index (χ0v) is 18.6. The van der Waals surface area contributed by atoms with Crippen molar-refractivity contribution in [1.82, 2.24) is 20.4 Å². The first-order valence-corrected chi connectivity index (χ1v) is 11.1. The lowest BCUT2D eigenvalue weighted by atomic mass is 9.78. The third-order valence-corrected chi connectivity index (χ3v) is 6.33. The Labute approximate surface area is 183 Å². The molecule has 168 valence electrons. The fourth-order valence-corrected chi connectivity index (χ4v) is 4.72. The average Bonchev–Trinajstić information content (AvgIpc) is 2.92. The molecule has 2 aliphatic heterocycles. The Bertz CT molecular complexity index is 873. The topological polar surface area (TPSA) is 91.0 Å². The molecule has 4 rings (SSSR count). The number of hydrogen-bond acceptors (Lipinski definition) is 5. The Kier molecular flexibility index (Phi) is 5.68. The van der Waals surface area contributed by atoms with Crippen molar-refractivity contribution in [3.63, 3.8) is 0 Å². The first kappa shape index (κ1) is 21.6. The van der Waals surface area contributed by atoms with Crippen LogP contribution in [-0.2, 0) is 22.4 Å². The van der Waals surface area contributed by atoms with Crippen molar-refractivity contribution < 1.29 is 19.1 Å². The monoisotopic (exact) mass is 428 g/mol. The molecule has 0 saturated carbocycles. The fourth-order valence-electron chi connectivity index (χ4n) is 4.72. The van der Waals surface area contributed by atoms with Crippen LogP contribution in [0.25, 0.3) is 0 Å². The van der Waals surface area contributed by atoms with Crippen molar-refractivity contribution in [2.45, 2.75) is 70.1 Å². The van der Waals surface area contributed by atoms with Gasteiger partial charge in [0.2, 0.25) is 0 Å². The maximum atomic E-state index is 13.3. The number of benzene rings is 1. The first-order valence-electron chi connectivity index (χ1n) is 11.1. The quantitative estimate of drug-likeness (QED) is 0.722. The van der Waals surface area contributed by atoms with Gasteiger partial charge >= 0.3 is 12.1 Å². The third kappa shape index (κ3) is 4.69. The molecule has 2 N–H and O–H groups in total. The van der Waals surface area contributed by atoms with Gasteiger partial charge in [-0.2, -0.15) is 0 Å². The molecule has 8 heteroatoms. The molecule has 3 aliphatic rings. The SMILES string of the molecule is CC(C)(C)OC(=O)NC1CCN(CN2C(=O)NC3(CCc4ccccc4C3)C2=O)CC1. The van der Waals surface area contributed by atoms with Gasteiger partial charge in [-0.25, -0.2) is 14.5 Å². The molecular formula is C23H32N4O4. The molecule has 1 aromatic carbocycles. The fraction of sp³-hybridized carbons (Fsp3) is 0.609. The Hall–Kier alpha value is -2.61. The number of aryl methyl sites for hydroxylation is 1. The molecule has 31 heavy (non-hydrogen) atoms. The molecule has 1 atom stereocenters. The summed E-state index contributed by atoms with van der Waals surface area (Å²) in [7, 11) is 0. The summed E-state index contributed by atoms with van der Waals surface area (Å²) in [6.07, 6.45) is 3.07. The Balaban J connectivity index is 1.31. The number of imide groups is 1. The van der Waals surface area contributed by atoms with Crippen LogP contribution < -0.4 is 10.6 Å². The summed E-state index contributed by atoms with van der Waals surface area (Å²) in [5.41, 5.74) is 1.05. The predicted octanol–water partition coefficient (Wildman–Crippen LogP) is 2.41. The normalized spacial score (nSPS) is 24.8. The standard InChI is InChI=1S/C23H32N4O4/c1-22(2,3)31-21(30)24-18-9-12-26(13-10-18)15-27-19(28)23(25-20(27)29)11-8-16-6-4-5-7-17(16)14-23/h4-7,18H,8-15H2,1-3H3,(H,24,30)(H,25,29). The number of amides is 4. The first-order chi connectivity index (χ1) is 14.7. The molecule has 4 amide bonds. The van der Waals surface area contributed by atoms with Crippen molar-refractivity contribution in [2.24, 2.45) is 0 Å². The van der Waals surface area contributed by atoms with Gasteiger partial charge in [-0.3, -0.25) is 9.69 Å².